The van der Waals surface area contributed by atoms with Gasteiger partial charge in [-0.15, -0.1) is 0 Å². The SMILES string of the molecule is CC[SH](CC)(CC)(CC)NC(N)=S. The third-order valence-electron chi connectivity index (χ3n) is 3.74. The molecule has 0 aromatic rings. The van der Waals surface area contributed by atoms with Gasteiger partial charge in [0.05, 0.1) is 0 Å². The molecule has 0 aromatic heterocycles. The summed E-state index contributed by atoms with van der Waals surface area (Å²) in [6.07, 6.45) is 0. The Bertz CT molecular complexity index is 165. The maximum Gasteiger partial charge on any atom is 0.171 e. The highest BCUT2D eigenvalue weighted by molar-refractivity contribution is 8.48. The molecule has 0 unspecified atom stereocenters. The third kappa shape index (κ3) is 2.50. The summed E-state index contributed by atoms with van der Waals surface area (Å²) in [5, 5.41) is 0.477. The zero-order valence-corrected chi connectivity index (χ0v) is 11.0. The highest BCUT2D eigenvalue weighted by Crippen LogP contribution is 2.64. The minimum atomic E-state index is -1.79. The Hall–Kier alpha value is 0.0400. The van der Waals surface area contributed by atoms with Gasteiger partial charge in [0.25, 0.3) is 0 Å². The van der Waals surface area contributed by atoms with Crippen molar-refractivity contribution in [1.29, 1.82) is 0 Å². The molecule has 4 heteroatoms. The molecule has 0 rings (SSSR count). The standard InChI is InChI=1S/C9H24N2S2/c1-5-13(6-2,7-3,8-4)11-9(10)12/h13H,5-8H2,1-4H3,(H3,10,11,12). The molecule has 0 aromatic carbocycles. The first-order chi connectivity index (χ1) is 5.97. The predicted octanol–water partition coefficient (Wildman–Crippen LogP) is 1.89. The molecule has 0 spiro atoms. The van der Waals surface area contributed by atoms with Crippen molar-refractivity contribution in [3.05, 3.63) is 0 Å². The van der Waals surface area contributed by atoms with E-state index >= 15 is 0 Å². The normalized spacial score (nSPS) is 14.6. The minimum Gasteiger partial charge on any atom is -0.376 e. The number of rotatable bonds is 5. The van der Waals surface area contributed by atoms with Crippen LogP contribution in [0.2, 0.25) is 0 Å². The maximum atomic E-state index is 5.62. The Kier molecular flexibility index (Phi) is 4.52. The number of thiocarbonyl (C=S) groups is 1. The first-order valence-corrected chi connectivity index (χ1v) is 8.45. The highest BCUT2D eigenvalue weighted by Gasteiger charge is 2.33. The second-order valence-corrected chi connectivity index (χ2v) is 10.9. The van der Waals surface area contributed by atoms with E-state index < -0.39 is 9.35 Å². The van der Waals surface area contributed by atoms with Crippen molar-refractivity contribution in [2.75, 3.05) is 23.0 Å². The molecule has 0 heterocycles. The number of hydrogen-bond donors (Lipinski definition) is 3. The fraction of sp³-hybridized carbons (Fsp3) is 0.889. The molecule has 0 amide bonds. The molecule has 82 valence electrons. The van der Waals surface area contributed by atoms with E-state index in [9.17, 15) is 0 Å². The van der Waals surface area contributed by atoms with E-state index in [2.05, 4.69) is 32.4 Å². The van der Waals surface area contributed by atoms with E-state index in [1.54, 1.807) is 0 Å². The van der Waals surface area contributed by atoms with Crippen molar-refractivity contribution in [2.24, 2.45) is 5.73 Å². The fourth-order valence-electron chi connectivity index (χ4n) is 1.97. The van der Waals surface area contributed by atoms with E-state index in [0.717, 1.165) is 0 Å². The summed E-state index contributed by atoms with van der Waals surface area (Å²) in [5.41, 5.74) is 5.62. The van der Waals surface area contributed by atoms with Crippen LogP contribution >= 0.6 is 21.6 Å². The average molecular weight is 224 g/mol. The van der Waals surface area contributed by atoms with Crippen LogP contribution in [0.25, 0.3) is 0 Å². The lowest BCUT2D eigenvalue weighted by Crippen LogP contribution is -2.47. The second kappa shape index (κ2) is 4.51. The smallest absolute Gasteiger partial charge is 0.171 e. The molecule has 2 nitrogen and oxygen atoms in total. The van der Waals surface area contributed by atoms with Crippen LogP contribution in [0.5, 0.6) is 0 Å². The first-order valence-electron chi connectivity index (χ1n) is 5.06. The van der Waals surface area contributed by atoms with Gasteiger partial charge in [-0.05, 0) is 35.2 Å². The van der Waals surface area contributed by atoms with Gasteiger partial charge in [0.1, 0.15) is 0 Å². The predicted molar refractivity (Wildman–Crippen MR) is 71.1 cm³/mol. The van der Waals surface area contributed by atoms with Crippen LogP contribution in [0.15, 0.2) is 0 Å². The van der Waals surface area contributed by atoms with Crippen LogP contribution in [0.4, 0.5) is 0 Å². The van der Waals surface area contributed by atoms with E-state index in [1.165, 1.54) is 23.0 Å². The van der Waals surface area contributed by atoms with Gasteiger partial charge in [-0.1, -0.05) is 27.7 Å². The Morgan fingerprint density at radius 2 is 1.38 bits per heavy atom. The molecular formula is C9H24N2S2. The van der Waals surface area contributed by atoms with Gasteiger partial charge in [0.15, 0.2) is 5.11 Å². The van der Waals surface area contributed by atoms with Gasteiger partial charge < -0.3 is 10.5 Å². The highest BCUT2D eigenvalue weighted by atomic mass is 32.3. The van der Waals surface area contributed by atoms with E-state index in [0.29, 0.717) is 5.11 Å². The van der Waals surface area contributed by atoms with Gasteiger partial charge in [0, 0.05) is 0 Å². The Morgan fingerprint density at radius 3 is 1.46 bits per heavy atom. The van der Waals surface area contributed by atoms with Gasteiger partial charge in [-0.25, -0.2) is 9.35 Å². The Morgan fingerprint density at radius 1 is 1.08 bits per heavy atom. The Labute approximate surface area is 88.1 Å². The molecule has 13 heavy (non-hydrogen) atoms. The molecule has 0 saturated heterocycles. The fourth-order valence-corrected chi connectivity index (χ4v) is 6.68. The summed E-state index contributed by atoms with van der Waals surface area (Å²) < 4.78 is 3.45. The van der Waals surface area contributed by atoms with Crippen LogP contribution < -0.4 is 10.5 Å². The first kappa shape index (κ1) is 13.0. The summed E-state index contributed by atoms with van der Waals surface area (Å²) in [4.78, 5) is 0. The summed E-state index contributed by atoms with van der Waals surface area (Å²) >= 11 is 4.98. The van der Waals surface area contributed by atoms with Gasteiger partial charge >= 0.3 is 0 Å². The van der Waals surface area contributed by atoms with E-state index in [4.69, 9.17) is 18.0 Å². The summed E-state index contributed by atoms with van der Waals surface area (Å²) in [6, 6.07) is 0. The van der Waals surface area contributed by atoms with E-state index in [1.807, 2.05) is 0 Å². The van der Waals surface area contributed by atoms with Crippen LogP contribution in [0.3, 0.4) is 0 Å². The van der Waals surface area contributed by atoms with Crippen LogP contribution in [-0.4, -0.2) is 28.1 Å². The molecule has 0 atom stereocenters. The van der Waals surface area contributed by atoms with Crippen molar-refractivity contribution >= 4 is 26.7 Å². The quantitative estimate of drug-likeness (QED) is 0.493. The maximum absolute atomic E-state index is 5.62. The number of thiol groups is 1. The average Bonchev–Trinajstić information content (AvgIpc) is 2.15. The molecule has 0 radical (unpaired) electrons. The van der Waals surface area contributed by atoms with Crippen molar-refractivity contribution in [3.8, 4) is 0 Å². The number of hydrogen-bond acceptors (Lipinski definition) is 1. The van der Waals surface area contributed by atoms with Crippen molar-refractivity contribution in [1.82, 2.24) is 4.72 Å². The molecule has 0 aliphatic heterocycles. The molecule has 0 fully saturated rings. The van der Waals surface area contributed by atoms with Crippen molar-refractivity contribution < 1.29 is 0 Å². The van der Waals surface area contributed by atoms with Gasteiger partial charge in [-0.2, -0.15) is 0 Å². The number of nitrogens with one attached hydrogen (secondary N) is 1. The molecule has 0 aliphatic carbocycles. The minimum absolute atomic E-state index is 0.477. The molecule has 3 N–H and O–H groups in total. The molecule has 0 aliphatic rings. The third-order valence-corrected chi connectivity index (χ3v) is 11.5. The summed E-state index contributed by atoms with van der Waals surface area (Å²) in [6.45, 7) is 9.00. The molecule has 0 bridgehead atoms. The lowest BCUT2D eigenvalue weighted by molar-refractivity contribution is 1.18. The topological polar surface area (TPSA) is 38.0 Å². The monoisotopic (exact) mass is 224 g/mol. The second-order valence-electron chi connectivity index (χ2n) is 3.72. The summed E-state index contributed by atoms with van der Waals surface area (Å²) in [5.74, 6) is 4.75. The lowest BCUT2D eigenvalue weighted by Gasteiger charge is -2.61. The van der Waals surface area contributed by atoms with Crippen molar-refractivity contribution in [3.63, 3.8) is 0 Å². The zero-order valence-electron chi connectivity index (χ0n) is 9.26. The zero-order chi connectivity index (χ0) is 10.6. The Balaban J connectivity index is 4.94. The van der Waals surface area contributed by atoms with Crippen LogP contribution in [0.1, 0.15) is 27.7 Å². The van der Waals surface area contributed by atoms with Crippen LogP contribution in [-0.2, 0) is 0 Å². The molecule has 0 saturated carbocycles. The number of nitrogens with two attached hydrogens (primary N) is 1. The van der Waals surface area contributed by atoms with Gasteiger partial charge in [0.2, 0.25) is 0 Å². The van der Waals surface area contributed by atoms with Gasteiger partial charge in [-0.3, -0.25) is 0 Å². The largest absolute Gasteiger partial charge is 0.376 e. The molecular weight excluding hydrogens is 200 g/mol. The van der Waals surface area contributed by atoms with Crippen molar-refractivity contribution in [2.45, 2.75) is 27.7 Å². The lowest BCUT2D eigenvalue weighted by atomic mass is 10.9. The van der Waals surface area contributed by atoms with Crippen LogP contribution in [0, 0.1) is 0 Å². The van der Waals surface area contributed by atoms with E-state index in [-0.39, 0.29) is 0 Å². The summed E-state index contributed by atoms with van der Waals surface area (Å²) in [7, 11) is -1.79.